The Morgan fingerprint density at radius 2 is 2.04 bits per heavy atom. The Hall–Kier alpha value is -2.05. The number of carbonyl (C=O) groups excluding carboxylic acids is 2. The smallest absolute Gasteiger partial charge is 0.254 e. The van der Waals surface area contributed by atoms with E-state index in [1.54, 1.807) is 17.2 Å². The zero-order valence-electron chi connectivity index (χ0n) is 14.2. The highest BCUT2D eigenvalue weighted by molar-refractivity contribution is 7.98. The van der Waals surface area contributed by atoms with E-state index < -0.39 is 0 Å². The van der Waals surface area contributed by atoms with Crippen LogP contribution in [-0.4, -0.2) is 47.5 Å². The molecule has 1 aliphatic rings. The van der Waals surface area contributed by atoms with E-state index in [2.05, 4.69) is 0 Å². The van der Waals surface area contributed by atoms with Crippen LogP contribution in [0.25, 0.3) is 0 Å². The van der Waals surface area contributed by atoms with Crippen molar-refractivity contribution < 1.29 is 14.0 Å². The summed E-state index contributed by atoms with van der Waals surface area (Å²) in [5.74, 6) is -0.718. The lowest BCUT2D eigenvalue weighted by molar-refractivity contribution is -0.135. The molecular formula is C19H18ClFN2O2S. The van der Waals surface area contributed by atoms with E-state index in [0.29, 0.717) is 35.1 Å². The van der Waals surface area contributed by atoms with E-state index in [9.17, 15) is 14.0 Å². The molecule has 0 atom stereocenters. The van der Waals surface area contributed by atoms with Gasteiger partial charge in [-0.05, 0) is 42.2 Å². The third-order valence-corrected chi connectivity index (χ3v) is 5.25. The van der Waals surface area contributed by atoms with Crippen molar-refractivity contribution in [2.45, 2.75) is 11.4 Å². The highest BCUT2D eigenvalue weighted by atomic mass is 35.5. The molecule has 2 aromatic rings. The fourth-order valence-corrected chi connectivity index (χ4v) is 3.60. The number of halogens is 2. The zero-order chi connectivity index (χ0) is 18.7. The van der Waals surface area contributed by atoms with Crippen molar-refractivity contribution in [3.05, 3.63) is 64.4 Å². The molecule has 0 N–H and O–H groups in total. The summed E-state index contributed by atoms with van der Waals surface area (Å²) in [5, 5.41) is 0.629. The summed E-state index contributed by atoms with van der Waals surface area (Å²) in [7, 11) is 0. The van der Waals surface area contributed by atoms with Crippen LogP contribution in [0.1, 0.15) is 15.9 Å². The van der Waals surface area contributed by atoms with Gasteiger partial charge < -0.3 is 9.80 Å². The van der Waals surface area contributed by atoms with Gasteiger partial charge in [0.05, 0.1) is 0 Å². The maximum Gasteiger partial charge on any atom is 0.254 e. The fraction of sp³-hybridized carbons (Fsp3) is 0.263. The van der Waals surface area contributed by atoms with Gasteiger partial charge in [0.2, 0.25) is 5.91 Å². The van der Waals surface area contributed by atoms with Gasteiger partial charge in [0.25, 0.3) is 5.91 Å². The van der Waals surface area contributed by atoms with E-state index in [4.69, 9.17) is 11.6 Å². The molecule has 136 valence electrons. The Morgan fingerprint density at radius 1 is 1.23 bits per heavy atom. The van der Waals surface area contributed by atoms with Crippen LogP contribution in [-0.2, 0) is 11.3 Å². The first-order chi connectivity index (χ1) is 12.5. The van der Waals surface area contributed by atoms with E-state index in [-0.39, 0.29) is 24.2 Å². The topological polar surface area (TPSA) is 40.6 Å². The van der Waals surface area contributed by atoms with Gasteiger partial charge in [-0.15, -0.1) is 11.8 Å². The van der Waals surface area contributed by atoms with Crippen LogP contribution >= 0.6 is 23.4 Å². The normalized spacial score (nSPS) is 14.7. The van der Waals surface area contributed by atoms with Gasteiger partial charge in [-0.1, -0.05) is 23.7 Å². The Bertz CT molecular complexity index is 846. The Labute approximate surface area is 160 Å². The lowest BCUT2D eigenvalue weighted by Gasteiger charge is -2.34. The van der Waals surface area contributed by atoms with Crippen LogP contribution in [0.15, 0.2) is 47.4 Å². The molecule has 1 fully saturated rings. The monoisotopic (exact) mass is 392 g/mol. The summed E-state index contributed by atoms with van der Waals surface area (Å²) >= 11 is 7.23. The second kappa shape index (κ2) is 8.10. The Morgan fingerprint density at radius 3 is 2.73 bits per heavy atom. The number of carbonyl (C=O) groups is 2. The van der Waals surface area contributed by atoms with Gasteiger partial charge >= 0.3 is 0 Å². The van der Waals surface area contributed by atoms with Crippen LogP contribution in [0.4, 0.5) is 4.39 Å². The standard InChI is InChI=1S/C19H18ClFN2O2S/c1-26-17-10-14(5-6-16(17)21)19(25)23-8-7-22(18(24)12-23)11-13-3-2-4-15(20)9-13/h2-6,9-10H,7-8,11-12H2,1H3. The second-order valence-electron chi connectivity index (χ2n) is 6.02. The number of piperazine rings is 1. The number of rotatable bonds is 4. The molecule has 26 heavy (non-hydrogen) atoms. The zero-order valence-corrected chi connectivity index (χ0v) is 15.8. The van der Waals surface area contributed by atoms with Crippen LogP contribution in [0.2, 0.25) is 5.02 Å². The van der Waals surface area contributed by atoms with Gasteiger partial charge in [0, 0.05) is 35.1 Å². The molecular weight excluding hydrogens is 375 g/mol. The second-order valence-corrected chi connectivity index (χ2v) is 7.31. The summed E-state index contributed by atoms with van der Waals surface area (Å²) in [5.41, 5.74) is 1.35. The largest absolute Gasteiger partial charge is 0.335 e. The van der Waals surface area contributed by atoms with E-state index >= 15 is 0 Å². The number of hydrogen-bond acceptors (Lipinski definition) is 3. The minimum Gasteiger partial charge on any atom is -0.335 e. The number of thioether (sulfide) groups is 1. The summed E-state index contributed by atoms with van der Waals surface area (Å²) in [6.45, 7) is 1.38. The molecule has 0 saturated carbocycles. The average molecular weight is 393 g/mol. The van der Waals surface area contributed by atoms with E-state index in [1.165, 1.54) is 34.9 Å². The molecule has 0 aromatic heterocycles. The van der Waals surface area contributed by atoms with E-state index in [0.717, 1.165) is 5.56 Å². The molecule has 2 amide bonds. The van der Waals surface area contributed by atoms with Crippen molar-refractivity contribution in [1.29, 1.82) is 0 Å². The van der Waals surface area contributed by atoms with Crippen LogP contribution in [0.5, 0.6) is 0 Å². The lowest BCUT2D eigenvalue weighted by Crippen LogP contribution is -2.51. The van der Waals surface area contributed by atoms with Crippen LogP contribution in [0, 0.1) is 5.82 Å². The molecule has 1 aliphatic heterocycles. The van der Waals surface area contributed by atoms with Crippen LogP contribution in [0.3, 0.4) is 0 Å². The average Bonchev–Trinajstić information content (AvgIpc) is 2.63. The molecule has 0 aliphatic carbocycles. The van der Waals surface area contributed by atoms with Crippen molar-refractivity contribution in [2.24, 2.45) is 0 Å². The number of hydrogen-bond donors (Lipinski definition) is 0. The van der Waals surface area contributed by atoms with Crippen molar-refractivity contribution in [3.63, 3.8) is 0 Å². The molecule has 4 nitrogen and oxygen atoms in total. The summed E-state index contributed by atoms with van der Waals surface area (Å²) in [6.07, 6.45) is 1.75. The van der Waals surface area contributed by atoms with E-state index in [1.807, 2.05) is 18.2 Å². The Balaban J connectivity index is 1.66. The van der Waals surface area contributed by atoms with Gasteiger partial charge in [0.1, 0.15) is 12.4 Å². The number of nitrogens with zero attached hydrogens (tertiary/aromatic N) is 2. The van der Waals surface area contributed by atoms with Gasteiger partial charge in [-0.2, -0.15) is 0 Å². The van der Waals surface area contributed by atoms with Crippen molar-refractivity contribution in [2.75, 3.05) is 25.9 Å². The minimum atomic E-state index is -0.350. The predicted octanol–water partition coefficient (Wildman–Crippen LogP) is 3.69. The molecule has 0 spiro atoms. The predicted molar refractivity (Wildman–Crippen MR) is 101 cm³/mol. The van der Waals surface area contributed by atoms with Crippen molar-refractivity contribution in [1.82, 2.24) is 9.80 Å². The summed E-state index contributed by atoms with van der Waals surface area (Å²) in [6, 6.07) is 11.7. The molecule has 2 aromatic carbocycles. The fourth-order valence-electron chi connectivity index (χ4n) is 2.88. The summed E-state index contributed by atoms with van der Waals surface area (Å²) in [4.78, 5) is 28.7. The lowest BCUT2D eigenvalue weighted by atomic mass is 10.1. The minimum absolute atomic E-state index is 0.0192. The van der Waals surface area contributed by atoms with Crippen LogP contribution < -0.4 is 0 Å². The maximum atomic E-state index is 13.6. The molecule has 3 rings (SSSR count). The van der Waals surface area contributed by atoms with Crippen molar-refractivity contribution in [3.8, 4) is 0 Å². The number of amides is 2. The third kappa shape index (κ3) is 4.19. The third-order valence-electron chi connectivity index (χ3n) is 4.27. The molecule has 1 saturated heterocycles. The molecule has 0 unspecified atom stereocenters. The SMILES string of the molecule is CSc1cc(C(=O)N2CCN(Cc3cccc(Cl)c3)C(=O)C2)ccc1F. The highest BCUT2D eigenvalue weighted by Crippen LogP contribution is 2.22. The maximum absolute atomic E-state index is 13.6. The number of benzene rings is 2. The first-order valence-corrected chi connectivity index (χ1v) is 9.73. The molecule has 0 bridgehead atoms. The first-order valence-electron chi connectivity index (χ1n) is 8.13. The first kappa shape index (κ1) is 18.7. The summed E-state index contributed by atoms with van der Waals surface area (Å²) < 4.78 is 13.6. The molecule has 7 heteroatoms. The quantitative estimate of drug-likeness (QED) is 0.745. The van der Waals surface area contributed by atoms with Gasteiger partial charge in [-0.3, -0.25) is 9.59 Å². The highest BCUT2D eigenvalue weighted by Gasteiger charge is 2.28. The molecule has 0 radical (unpaired) electrons. The van der Waals surface area contributed by atoms with Gasteiger partial charge in [-0.25, -0.2) is 4.39 Å². The Kier molecular flexibility index (Phi) is 5.84. The van der Waals surface area contributed by atoms with Gasteiger partial charge in [0.15, 0.2) is 0 Å². The molecule has 1 heterocycles. The van der Waals surface area contributed by atoms with Crippen molar-refractivity contribution >= 4 is 35.2 Å².